The fourth-order valence-electron chi connectivity index (χ4n) is 3.44. The second-order valence-corrected chi connectivity index (χ2v) is 7.50. The van der Waals surface area contributed by atoms with Crippen LogP contribution < -0.4 is 14.2 Å². The normalized spacial score (nSPS) is 11.4. The summed E-state index contributed by atoms with van der Waals surface area (Å²) in [5, 5.41) is 15.9. The van der Waals surface area contributed by atoms with Gasteiger partial charge in [0, 0.05) is 12.1 Å². The second-order valence-electron chi connectivity index (χ2n) is 7.50. The van der Waals surface area contributed by atoms with Gasteiger partial charge >= 0.3 is 6.18 Å². The molecule has 8 nitrogen and oxygen atoms in total. The van der Waals surface area contributed by atoms with Gasteiger partial charge in [-0.05, 0) is 48.0 Å². The third-order valence-corrected chi connectivity index (χ3v) is 5.17. The molecule has 11 heteroatoms. The predicted octanol–water partition coefficient (Wildman–Crippen LogP) is 5.63. The Bertz CT molecular complexity index is 1340. The van der Waals surface area contributed by atoms with Crippen LogP contribution in [0.5, 0.6) is 17.4 Å². The van der Waals surface area contributed by atoms with Gasteiger partial charge in [0.05, 0.1) is 35.0 Å². The molecule has 35 heavy (non-hydrogen) atoms. The summed E-state index contributed by atoms with van der Waals surface area (Å²) in [5.41, 5.74) is 0.287. The molecule has 0 aliphatic carbocycles. The average molecular weight is 487 g/mol. The molecule has 0 N–H and O–H groups in total. The molecule has 182 valence electrons. The van der Waals surface area contributed by atoms with E-state index in [-0.39, 0.29) is 24.8 Å². The van der Waals surface area contributed by atoms with E-state index < -0.39 is 16.7 Å². The van der Waals surface area contributed by atoms with Crippen molar-refractivity contribution in [1.29, 1.82) is 0 Å². The number of non-ortho nitro benzene ring substituents is 1. The first-order chi connectivity index (χ1) is 16.7. The number of alkyl halides is 3. The van der Waals surface area contributed by atoms with E-state index in [1.165, 1.54) is 37.4 Å². The molecule has 3 aromatic carbocycles. The molecule has 0 saturated heterocycles. The van der Waals surface area contributed by atoms with Gasteiger partial charge in [-0.25, -0.2) is 0 Å². The number of hydrogen-bond acceptors (Lipinski definition) is 6. The summed E-state index contributed by atoms with van der Waals surface area (Å²) in [5.74, 6) is 1.28. The second kappa shape index (κ2) is 9.92. The largest absolute Gasteiger partial charge is 0.497 e. The number of nitro groups is 1. The van der Waals surface area contributed by atoms with Gasteiger partial charge in [0.15, 0.2) is 0 Å². The first-order valence-corrected chi connectivity index (χ1v) is 10.5. The van der Waals surface area contributed by atoms with E-state index in [1.54, 1.807) is 28.9 Å². The summed E-state index contributed by atoms with van der Waals surface area (Å²) in [6.07, 6.45) is -4.44. The molecule has 0 atom stereocenters. The number of nitro benzene ring substituents is 1. The Morgan fingerprint density at radius 1 is 1.00 bits per heavy atom. The highest BCUT2D eigenvalue weighted by Crippen LogP contribution is 2.31. The van der Waals surface area contributed by atoms with Gasteiger partial charge in [-0.3, -0.25) is 14.8 Å². The number of fused-ring (bicyclic) bond motifs is 1. The number of rotatable bonds is 9. The maximum Gasteiger partial charge on any atom is 0.416 e. The van der Waals surface area contributed by atoms with Crippen molar-refractivity contribution in [2.24, 2.45) is 0 Å². The lowest BCUT2D eigenvalue weighted by molar-refractivity contribution is -0.384. The SMILES string of the molecule is COc1ccc2c(c1)c(OCc1cccc(C(F)(F)F)c1)nn2CCOc1ccc([N+](=O)[O-])cc1. The van der Waals surface area contributed by atoms with Crippen LogP contribution in [0, 0.1) is 10.1 Å². The molecule has 0 radical (unpaired) electrons. The summed E-state index contributed by atoms with van der Waals surface area (Å²) in [4.78, 5) is 10.3. The van der Waals surface area contributed by atoms with E-state index in [2.05, 4.69) is 5.10 Å². The minimum absolute atomic E-state index is 0.0353. The molecule has 0 unspecified atom stereocenters. The number of ether oxygens (including phenoxy) is 3. The molecular formula is C24H20F3N3O5. The zero-order chi connectivity index (χ0) is 25.0. The fourth-order valence-corrected chi connectivity index (χ4v) is 3.44. The smallest absolute Gasteiger partial charge is 0.416 e. The Hall–Kier alpha value is -4.28. The zero-order valence-electron chi connectivity index (χ0n) is 18.5. The summed E-state index contributed by atoms with van der Waals surface area (Å²) >= 11 is 0. The lowest BCUT2D eigenvalue weighted by Gasteiger charge is -2.09. The number of halogens is 3. The highest BCUT2D eigenvalue weighted by atomic mass is 19.4. The van der Waals surface area contributed by atoms with Crippen molar-refractivity contribution in [3.8, 4) is 17.4 Å². The third-order valence-electron chi connectivity index (χ3n) is 5.17. The van der Waals surface area contributed by atoms with Crippen LogP contribution in [0.25, 0.3) is 10.9 Å². The third kappa shape index (κ3) is 5.62. The van der Waals surface area contributed by atoms with Gasteiger partial charge in [-0.1, -0.05) is 12.1 Å². The number of hydrogen-bond donors (Lipinski definition) is 0. The molecule has 1 heterocycles. The lowest BCUT2D eigenvalue weighted by atomic mass is 10.1. The highest BCUT2D eigenvalue weighted by Gasteiger charge is 2.30. The quantitative estimate of drug-likeness (QED) is 0.225. The molecule has 0 bridgehead atoms. The van der Waals surface area contributed by atoms with Crippen LogP contribution in [-0.4, -0.2) is 28.4 Å². The van der Waals surface area contributed by atoms with Crippen molar-refractivity contribution in [2.75, 3.05) is 13.7 Å². The maximum atomic E-state index is 13.0. The summed E-state index contributed by atoms with van der Waals surface area (Å²) in [6, 6.07) is 15.9. The van der Waals surface area contributed by atoms with Gasteiger partial charge in [-0.15, -0.1) is 5.10 Å². The fraction of sp³-hybridized carbons (Fsp3) is 0.208. The van der Waals surface area contributed by atoms with Crippen molar-refractivity contribution in [2.45, 2.75) is 19.3 Å². The van der Waals surface area contributed by atoms with Crippen LogP contribution in [-0.2, 0) is 19.3 Å². The van der Waals surface area contributed by atoms with Crippen molar-refractivity contribution in [3.63, 3.8) is 0 Å². The van der Waals surface area contributed by atoms with E-state index in [1.807, 2.05) is 0 Å². The number of methoxy groups -OCH3 is 1. The molecule has 0 fully saturated rings. The van der Waals surface area contributed by atoms with Crippen LogP contribution >= 0.6 is 0 Å². The Morgan fingerprint density at radius 3 is 2.43 bits per heavy atom. The first kappa shape index (κ1) is 23.9. The Labute approximate surface area is 197 Å². The van der Waals surface area contributed by atoms with Crippen molar-refractivity contribution < 1.29 is 32.3 Å². The van der Waals surface area contributed by atoms with Crippen LogP contribution in [0.2, 0.25) is 0 Å². The van der Waals surface area contributed by atoms with Crippen molar-refractivity contribution in [3.05, 3.63) is 88.0 Å². The van der Waals surface area contributed by atoms with Crippen LogP contribution in [0.1, 0.15) is 11.1 Å². The van der Waals surface area contributed by atoms with Crippen LogP contribution in [0.3, 0.4) is 0 Å². The topological polar surface area (TPSA) is 88.7 Å². The molecule has 0 aliphatic heterocycles. The monoisotopic (exact) mass is 487 g/mol. The standard InChI is InChI=1S/C24H20F3N3O5/c1-33-20-9-10-22-21(14-20)23(35-15-16-3-2-4-17(13-16)24(25,26)27)28-29(22)11-12-34-19-7-5-18(6-8-19)30(31)32/h2-10,13-14H,11-12,15H2,1H3. The van der Waals surface area contributed by atoms with Crippen LogP contribution in [0.15, 0.2) is 66.7 Å². The Kier molecular flexibility index (Phi) is 6.76. The molecule has 1 aromatic heterocycles. The summed E-state index contributed by atoms with van der Waals surface area (Å²) in [6.45, 7) is 0.437. The maximum absolute atomic E-state index is 13.0. The Morgan fingerprint density at radius 2 is 1.74 bits per heavy atom. The van der Waals surface area contributed by atoms with Crippen LogP contribution in [0.4, 0.5) is 18.9 Å². The molecule has 0 aliphatic rings. The molecule has 0 spiro atoms. The molecule has 0 amide bonds. The average Bonchev–Trinajstić information content (AvgIpc) is 3.19. The number of nitrogens with zero attached hydrogens (tertiary/aromatic N) is 3. The van der Waals surface area contributed by atoms with Gasteiger partial charge in [0.1, 0.15) is 24.7 Å². The summed E-state index contributed by atoms with van der Waals surface area (Å²) < 4.78 is 57.4. The van der Waals surface area contributed by atoms with Crippen molar-refractivity contribution in [1.82, 2.24) is 9.78 Å². The lowest BCUT2D eigenvalue weighted by Crippen LogP contribution is -2.10. The number of aromatic nitrogens is 2. The van der Waals surface area contributed by atoms with E-state index in [9.17, 15) is 23.3 Å². The van der Waals surface area contributed by atoms with Gasteiger partial charge < -0.3 is 14.2 Å². The molecule has 4 aromatic rings. The molecular weight excluding hydrogens is 467 g/mol. The van der Waals surface area contributed by atoms with Gasteiger partial charge in [-0.2, -0.15) is 13.2 Å². The van der Waals surface area contributed by atoms with E-state index >= 15 is 0 Å². The van der Waals surface area contributed by atoms with E-state index in [0.717, 1.165) is 17.6 Å². The van der Waals surface area contributed by atoms with Gasteiger partial charge in [0.25, 0.3) is 5.69 Å². The first-order valence-electron chi connectivity index (χ1n) is 10.5. The van der Waals surface area contributed by atoms with E-state index in [0.29, 0.717) is 29.0 Å². The molecule has 4 rings (SSSR count). The predicted molar refractivity (Wildman–Crippen MR) is 121 cm³/mol. The minimum Gasteiger partial charge on any atom is -0.497 e. The number of benzene rings is 3. The van der Waals surface area contributed by atoms with Gasteiger partial charge in [0.2, 0.25) is 5.88 Å². The molecule has 0 saturated carbocycles. The zero-order valence-corrected chi connectivity index (χ0v) is 18.5. The Balaban J connectivity index is 1.50. The highest BCUT2D eigenvalue weighted by molar-refractivity contribution is 5.86. The van der Waals surface area contributed by atoms with E-state index in [4.69, 9.17) is 14.2 Å². The summed E-state index contributed by atoms with van der Waals surface area (Å²) in [7, 11) is 1.52. The minimum atomic E-state index is -4.44. The van der Waals surface area contributed by atoms with Crippen molar-refractivity contribution >= 4 is 16.6 Å².